The van der Waals surface area contributed by atoms with E-state index in [1.807, 2.05) is 32.0 Å². The number of sulfone groups is 1. The molecule has 1 amide bonds. The number of benzene rings is 2. The van der Waals surface area contributed by atoms with Crippen molar-refractivity contribution < 1.29 is 13.2 Å². The van der Waals surface area contributed by atoms with Crippen LogP contribution in [-0.2, 0) is 14.6 Å². The molecule has 0 saturated carbocycles. The Morgan fingerprint density at radius 3 is 2.33 bits per heavy atom. The van der Waals surface area contributed by atoms with Crippen LogP contribution in [-0.4, -0.2) is 26.6 Å². The summed E-state index contributed by atoms with van der Waals surface area (Å²) in [4.78, 5) is 12.3. The predicted octanol–water partition coefficient (Wildman–Crippen LogP) is 3.15. The van der Waals surface area contributed by atoms with Gasteiger partial charge in [0, 0.05) is 11.4 Å². The summed E-state index contributed by atoms with van der Waals surface area (Å²) in [6, 6.07) is 12.2. The number of rotatable bonds is 6. The quantitative estimate of drug-likeness (QED) is 0.842. The van der Waals surface area contributed by atoms with Crippen molar-refractivity contribution >= 4 is 27.1 Å². The Bertz CT molecular complexity index is 828. The number of nitrogens with one attached hydrogen (secondary N) is 2. The minimum Gasteiger partial charge on any atom is -0.376 e. The first-order chi connectivity index (χ1) is 11.3. The molecule has 0 heterocycles. The van der Waals surface area contributed by atoms with Gasteiger partial charge in [0.15, 0.2) is 9.84 Å². The number of aryl methyl sites for hydroxylation is 1. The zero-order valence-electron chi connectivity index (χ0n) is 14.1. The van der Waals surface area contributed by atoms with Crippen LogP contribution >= 0.6 is 0 Å². The number of amides is 1. The predicted molar refractivity (Wildman–Crippen MR) is 97.2 cm³/mol. The second kappa shape index (κ2) is 7.49. The highest BCUT2D eigenvalue weighted by molar-refractivity contribution is 7.91. The highest BCUT2D eigenvalue weighted by Gasteiger charge is 2.11. The van der Waals surface area contributed by atoms with Gasteiger partial charge in [-0.25, -0.2) is 8.42 Å². The summed E-state index contributed by atoms with van der Waals surface area (Å²) in [5, 5.41) is 5.86. The number of hydrogen-bond acceptors (Lipinski definition) is 4. The van der Waals surface area contributed by atoms with Gasteiger partial charge in [-0.1, -0.05) is 19.1 Å². The molecule has 5 nitrogen and oxygen atoms in total. The minimum atomic E-state index is -3.20. The fourth-order valence-electron chi connectivity index (χ4n) is 2.21. The van der Waals surface area contributed by atoms with Gasteiger partial charge < -0.3 is 10.6 Å². The lowest BCUT2D eigenvalue weighted by Crippen LogP contribution is -2.22. The maximum atomic E-state index is 12.1. The van der Waals surface area contributed by atoms with Gasteiger partial charge in [-0.05, 0) is 55.3 Å². The van der Waals surface area contributed by atoms with E-state index in [1.165, 1.54) is 0 Å². The largest absolute Gasteiger partial charge is 0.376 e. The third-order valence-corrected chi connectivity index (χ3v) is 5.68. The highest BCUT2D eigenvalue weighted by Crippen LogP contribution is 2.18. The standard InChI is InChI=1S/C18H22N2O3S/c1-4-24(22,23)16-10-8-15(9-11-16)19-12-18(21)20-17-7-5-6-13(2)14(17)3/h5-11,19H,4,12H2,1-3H3,(H,20,21). The molecule has 0 aliphatic rings. The SMILES string of the molecule is CCS(=O)(=O)c1ccc(NCC(=O)Nc2cccc(C)c2C)cc1. The van der Waals surface area contributed by atoms with E-state index in [-0.39, 0.29) is 23.1 Å². The summed E-state index contributed by atoms with van der Waals surface area (Å²) in [7, 11) is -3.20. The average molecular weight is 346 g/mol. The zero-order chi connectivity index (χ0) is 17.7. The number of hydrogen-bond donors (Lipinski definition) is 2. The molecule has 0 spiro atoms. The molecular weight excluding hydrogens is 324 g/mol. The number of anilines is 2. The fraction of sp³-hybridized carbons (Fsp3) is 0.278. The van der Waals surface area contributed by atoms with Gasteiger partial charge in [0.2, 0.25) is 5.91 Å². The molecule has 6 heteroatoms. The van der Waals surface area contributed by atoms with Crippen LogP contribution in [0.4, 0.5) is 11.4 Å². The Morgan fingerprint density at radius 2 is 1.71 bits per heavy atom. The van der Waals surface area contributed by atoms with Crippen LogP contribution in [0.25, 0.3) is 0 Å². The van der Waals surface area contributed by atoms with Crippen molar-refractivity contribution in [3.8, 4) is 0 Å². The van der Waals surface area contributed by atoms with Gasteiger partial charge in [0.05, 0.1) is 17.2 Å². The zero-order valence-corrected chi connectivity index (χ0v) is 14.9. The monoisotopic (exact) mass is 346 g/mol. The van der Waals surface area contributed by atoms with E-state index in [0.717, 1.165) is 16.8 Å². The van der Waals surface area contributed by atoms with Gasteiger partial charge >= 0.3 is 0 Å². The van der Waals surface area contributed by atoms with E-state index in [0.29, 0.717) is 5.69 Å². The number of carbonyl (C=O) groups is 1. The van der Waals surface area contributed by atoms with Crippen molar-refractivity contribution in [1.29, 1.82) is 0 Å². The molecule has 128 valence electrons. The molecule has 24 heavy (non-hydrogen) atoms. The van der Waals surface area contributed by atoms with Crippen LogP contribution in [0.2, 0.25) is 0 Å². The van der Waals surface area contributed by atoms with E-state index in [9.17, 15) is 13.2 Å². The summed E-state index contributed by atoms with van der Waals surface area (Å²) in [6.45, 7) is 5.67. The molecule has 2 N–H and O–H groups in total. The Hall–Kier alpha value is -2.34. The number of carbonyl (C=O) groups excluding carboxylic acids is 1. The third-order valence-electron chi connectivity index (χ3n) is 3.93. The van der Waals surface area contributed by atoms with Crippen LogP contribution in [0.15, 0.2) is 47.4 Å². The second-order valence-corrected chi connectivity index (χ2v) is 7.86. The van der Waals surface area contributed by atoms with E-state index in [2.05, 4.69) is 10.6 Å². The Kier molecular flexibility index (Phi) is 5.62. The van der Waals surface area contributed by atoms with Crippen LogP contribution in [0.3, 0.4) is 0 Å². The van der Waals surface area contributed by atoms with Gasteiger partial charge in [-0.2, -0.15) is 0 Å². The molecule has 0 atom stereocenters. The maximum absolute atomic E-state index is 12.1. The molecule has 0 aromatic heterocycles. The first-order valence-electron chi connectivity index (χ1n) is 7.76. The van der Waals surface area contributed by atoms with E-state index < -0.39 is 9.84 Å². The summed E-state index contributed by atoms with van der Waals surface area (Å²) in [5.41, 5.74) is 3.65. The van der Waals surface area contributed by atoms with Crippen LogP contribution in [0, 0.1) is 13.8 Å². The van der Waals surface area contributed by atoms with Gasteiger partial charge in [0.25, 0.3) is 0 Å². The van der Waals surface area contributed by atoms with Crippen molar-refractivity contribution in [2.75, 3.05) is 22.9 Å². The molecule has 2 aromatic carbocycles. The first kappa shape index (κ1) is 18.0. The van der Waals surface area contributed by atoms with Crippen LogP contribution in [0.5, 0.6) is 0 Å². The summed E-state index contributed by atoms with van der Waals surface area (Å²) in [6.07, 6.45) is 0. The first-order valence-corrected chi connectivity index (χ1v) is 9.41. The maximum Gasteiger partial charge on any atom is 0.243 e. The lowest BCUT2D eigenvalue weighted by molar-refractivity contribution is -0.114. The van der Waals surface area contributed by atoms with Gasteiger partial charge in [0.1, 0.15) is 0 Å². The van der Waals surface area contributed by atoms with E-state index >= 15 is 0 Å². The fourth-order valence-corrected chi connectivity index (χ4v) is 3.09. The van der Waals surface area contributed by atoms with Crippen molar-refractivity contribution in [2.45, 2.75) is 25.7 Å². The Balaban J connectivity index is 1.96. The second-order valence-electron chi connectivity index (χ2n) is 5.58. The van der Waals surface area contributed by atoms with Gasteiger partial charge in [-0.3, -0.25) is 4.79 Å². The normalized spacial score (nSPS) is 11.1. The lowest BCUT2D eigenvalue weighted by Gasteiger charge is -2.11. The van der Waals surface area contributed by atoms with Crippen LogP contribution < -0.4 is 10.6 Å². The van der Waals surface area contributed by atoms with Crippen molar-refractivity contribution in [3.63, 3.8) is 0 Å². The summed E-state index contributed by atoms with van der Waals surface area (Å²) >= 11 is 0. The molecule has 0 bridgehead atoms. The van der Waals surface area contributed by atoms with Crippen molar-refractivity contribution in [3.05, 3.63) is 53.6 Å². The minimum absolute atomic E-state index is 0.0675. The molecule has 0 fully saturated rings. The molecule has 2 rings (SSSR count). The van der Waals surface area contributed by atoms with Crippen molar-refractivity contribution in [1.82, 2.24) is 0 Å². The Morgan fingerprint density at radius 1 is 1.04 bits per heavy atom. The summed E-state index contributed by atoms with van der Waals surface area (Å²) in [5.74, 6) is -0.0909. The Labute approximate surface area is 143 Å². The topological polar surface area (TPSA) is 75.3 Å². The molecule has 0 saturated heterocycles. The molecule has 2 aromatic rings. The summed E-state index contributed by atoms with van der Waals surface area (Å²) < 4.78 is 23.5. The van der Waals surface area contributed by atoms with E-state index in [1.54, 1.807) is 31.2 Å². The lowest BCUT2D eigenvalue weighted by atomic mass is 10.1. The molecule has 0 aliphatic heterocycles. The molecule has 0 radical (unpaired) electrons. The van der Waals surface area contributed by atoms with Gasteiger partial charge in [-0.15, -0.1) is 0 Å². The molecule has 0 unspecified atom stereocenters. The third kappa shape index (κ3) is 4.35. The smallest absolute Gasteiger partial charge is 0.243 e. The van der Waals surface area contributed by atoms with E-state index in [4.69, 9.17) is 0 Å². The van der Waals surface area contributed by atoms with Crippen LogP contribution in [0.1, 0.15) is 18.1 Å². The molecular formula is C18H22N2O3S. The highest BCUT2D eigenvalue weighted by atomic mass is 32.2. The van der Waals surface area contributed by atoms with Crippen molar-refractivity contribution in [2.24, 2.45) is 0 Å². The average Bonchev–Trinajstić information content (AvgIpc) is 2.57. The molecule has 0 aliphatic carbocycles.